The van der Waals surface area contributed by atoms with Crippen LogP contribution < -0.4 is 10.1 Å². The standard InChI is InChI=1S/C20H20Br2N2O3/c1-13-8-9-17(15(10-13)11-18(21)22)27-12-14-6-4-5-7-16(14)19(24-26-3)20(25)23-2/h4-11H,12H2,1-3H3,(H,23,25). The Morgan fingerprint density at radius 3 is 2.63 bits per heavy atom. The van der Waals surface area contributed by atoms with Gasteiger partial charge >= 0.3 is 0 Å². The topological polar surface area (TPSA) is 59.9 Å². The maximum absolute atomic E-state index is 12.2. The molecule has 0 heterocycles. The molecule has 0 saturated carbocycles. The molecule has 27 heavy (non-hydrogen) atoms. The van der Waals surface area contributed by atoms with Gasteiger partial charge in [0.1, 0.15) is 19.5 Å². The SMILES string of the molecule is CNC(=O)C(=NOC)c1ccccc1COc1ccc(C)cc1C=C(Br)Br. The molecule has 0 atom stereocenters. The molecule has 0 fully saturated rings. The fourth-order valence-corrected chi connectivity index (χ4v) is 2.98. The average Bonchev–Trinajstić information content (AvgIpc) is 2.65. The smallest absolute Gasteiger partial charge is 0.273 e. The number of nitrogens with zero attached hydrogens (tertiary/aromatic N) is 1. The van der Waals surface area contributed by atoms with Crippen molar-refractivity contribution in [1.82, 2.24) is 5.32 Å². The van der Waals surface area contributed by atoms with Crippen molar-refractivity contribution in [2.24, 2.45) is 5.16 Å². The van der Waals surface area contributed by atoms with Crippen molar-refractivity contribution in [2.75, 3.05) is 14.2 Å². The van der Waals surface area contributed by atoms with Crippen molar-refractivity contribution in [3.05, 3.63) is 68.1 Å². The summed E-state index contributed by atoms with van der Waals surface area (Å²) in [6.07, 6.45) is 1.93. The van der Waals surface area contributed by atoms with Crippen molar-refractivity contribution in [1.29, 1.82) is 0 Å². The maximum Gasteiger partial charge on any atom is 0.273 e. The Labute approximate surface area is 175 Å². The number of rotatable bonds is 7. The lowest BCUT2D eigenvalue weighted by Gasteiger charge is -2.14. The van der Waals surface area contributed by atoms with Gasteiger partial charge in [0.25, 0.3) is 5.91 Å². The second-order valence-corrected chi connectivity index (χ2v) is 8.40. The summed E-state index contributed by atoms with van der Waals surface area (Å²) < 4.78 is 6.87. The molecule has 0 bridgehead atoms. The monoisotopic (exact) mass is 494 g/mol. The van der Waals surface area contributed by atoms with Crippen LogP contribution in [0.15, 0.2) is 51.0 Å². The summed E-state index contributed by atoms with van der Waals surface area (Å²) in [6.45, 7) is 2.30. The summed E-state index contributed by atoms with van der Waals surface area (Å²) in [4.78, 5) is 17.0. The molecule has 1 N–H and O–H groups in total. The minimum atomic E-state index is -0.327. The maximum atomic E-state index is 12.2. The third-order valence-corrected chi connectivity index (χ3v) is 4.17. The first-order chi connectivity index (χ1) is 13.0. The largest absolute Gasteiger partial charge is 0.488 e. The molecule has 2 aromatic rings. The molecule has 0 unspecified atom stereocenters. The van der Waals surface area contributed by atoms with Gasteiger partial charge in [-0.25, -0.2) is 0 Å². The van der Waals surface area contributed by atoms with E-state index in [9.17, 15) is 4.79 Å². The molecular formula is C20H20Br2N2O3. The van der Waals surface area contributed by atoms with Gasteiger partial charge < -0.3 is 14.9 Å². The molecular weight excluding hydrogens is 476 g/mol. The molecule has 5 nitrogen and oxygen atoms in total. The average molecular weight is 496 g/mol. The van der Waals surface area contributed by atoms with Crippen molar-refractivity contribution >= 4 is 49.6 Å². The molecule has 7 heteroatoms. The number of benzene rings is 2. The van der Waals surface area contributed by atoms with E-state index in [-0.39, 0.29) is 18.2 Å². The lowest BCUT2D eigenvalue weighted by Crippen LogP contribution is -2.29. The van der Waals surface area contributed by atoms with Gasteiger partial charge in [-0.05, 0) is 62.6 Å². The van der Waals surface area contributed by atoms with Gasteiger partial charge in [0.05, 0.1) is 3.39 Å². The zero-order valence-corrected chi connectivity index (χ0v) is 18.4. The van der Waals surface area contributed by atoms with Crippen molar-refractivity contribution in [3.63, 3.8) is 0 Å². The van der Waals surface area contributed by atoms with Crippen LogP contribution in [0.3, 0.4) is 0 Å². The second kappa shape index (κ2) is 10.3. The van der Waals surface area contributed by atoms with Gasteiger partial charge in [-0.15, -0.1) is 0 Å². The number of carbonyl (C=O) groups excluding carboxylic acids is 1. The predicted molar refractivity (Wildman–Crippen MR) is 115 cm³/mol. The number of amides is 1. The number of likely N-dealkylation sites (N-methyl/N-ethyl adjacent to an activating group) is 1. The van der Waals surface area contributed by atoms with Gasteiger partial charge in [0.2, 0.25) is 0 Å². The van der Waals surface area contributed by atoms with Gasteiger partial charge in [0.15, 0.2) is 5.71 Å². The molecule has 1 amide bonds. The highest BCUT2D eigenvalue weighted by Gasteiger charge is 2.17. The van der Waals surface area contributed by atoms with E-state index >= 15 is 0 Å². The minimum Gasteiger partial charge on any atom is -0.488 e. The Kier molecular flexibility index (Phi) is 8.06. The summed E-state index contributed by atoms with van der Waals surface area (Å²) in [5, 5.41) is 6.45. The lowest BCUT2D eigenvalue weighted by atomic mass is 10.0. The first-order valence-electron chi connectivity index (χ1n) is 8.14. The molecule has 2 aromatic carbocycles. The van der Waals surface area contributed by atoms with Crippen molar-refractivity contribution in [3.8, 4) is 5.75 Å². The van der Waals surface area contributed by atoms with Crippen LogP contribution in [-0.4, -0.2) is 25.8 Å². The van der Waals surface area contributed by atoms with E-state index < -0.39 is 0 Å². The fraction of sp³-hybridized carbons (Fsp3) is 0.200. The Balaban J connectivity index is 2.34. The highest BCUT2D eigenvalue weighted by atomic mass is 79.9. The van der Waals surface area contributed by atoms with Crippen LogP contribution in [0.2, 0.25) is 0 Å². The number of hydrogen-bond acceptors (Lipinski definition) is 4. The summed E-state index contributed by atoms with van der Waals surface area (Å²) in [5.74, 6) is 0.406. The Morgan fingerprint density at radius 1 is 1.22 bits per heavy atom. The highest BCUT2D eigenvalue weighted by Crippen LogP contribution is 2.27. The van der Waals surface area contributed by atoms with Crippen LogP contribution in [0.4, 0.5) is 0 Å². The number of oxime groups is 1. The number of aryl methyl sites for hydroxylation is 1. The van der Waals surface area contributed by atoms with E-state index in [1.807, 2.05) is 55.5 Å². The highest BCUT2D eigenvalue weighted by molar-refractivity contribution is 9.28. The van der Waals surface area contributed by atoms with E-state index in [0.717, 1.165) is 25.8 Å². The van der Waals surface area contributed by atoms with E-state index in [1.165, 1.54) is 7.11 Å². The first-order valence-corrected chi connectivity index (χ1v) is 9.72. The van der Waals surface area contributed by atoms with Crippen LogP contribution in [-0.2, 0) is 16.2 Å². The fourth-order valence-electron chi connectivity index (χ4n) is 2.48. The molecule has 0 aliphatic carbocycles. The Morgan fingerprint density at radius 2 is 1.96 bits per heavy atom. The summed E-state index contributed by atoms with van der Waals surface area (Å²) in [7, 11) is 2.96. The summed E-state index contributed by atoms with van der Waals surface area (Å²) in [6, 6.07) is 13.4. The predicted octanol–water partition coefficient (Wildman–Crippen LogP) is 4.76. The van der Waals surface area contributed by atoms with Crippen LogP contribution in [0.1, 0.15) is 22.3 Å². The van der Waals surface area contributed by atoms with Gasteiger partial charge in [0, 0.05) is 18.2 Å². The molecule has 0 radical (unpaired) electrons. The van der Waals surface area contributed by atoms with Gasteiger partial charge in [-0.1, -0.05) is 41.1 Å². The molecule has 0 aliphatic rings. The Hall–Kier alpha value is -2.12. The zero-order chi connectivity index (χ0) is 19.8. The minimum absolute atomic E-state index is 0.200. The summed E-state index contributed by atoms with van der Waals surface area (Å²) >= 11 is 6.77. The number of nitrogens with one attached hydrogen (secondary N) is 1. The molecule has 0 aliphatic heterocycles. The van der Waals surface area contributed by atoms with Gasteiger partial charge in [-0.3, -0.25) is 4.79 Å². The lowest BCUT2D eigenvalue weighted by molar-refractivity contribution is -0.114. The van der Waals surface area contributed by atoms with Crippen LogP contribution in [0.25, 0.3) is 6.08 Å². The molecule has 0 saturated heterocycles. The Bertz CT molecular complexity index is 875. The third kappa shape index (κ3) is 5.94. The van der Waals surface area contributed by atoms with Crippen LogP contribution >= 0.6 is 31.9 Å². The second-order valence-electron chi connectivity index (χ2n) is 5.62. The third-order valence-electron chi connectivity index (χ3n) is 3.71. The molecule has 0 aromatic heterocycles. The number of halogens is 2. The van der Waals surface area contributed by atoms with E-state index in [0.29, 0.717) is 5.56 Å². The zero-order valence-electron chi connectivity index (χ0n) is 15.3. The molecule has 0 spiro atoms. The number of hydrogen-bond donors (Lipinski definition) is 1. The van der Waals surface area contributed by atoms with E-state index in [2.05, 4.69) is 42.3 Å². The number of carbonyl (C=O) groups is 1. The number of ether oxygens (including phenoxy) is 1. The van der Waals surface area contributed by atoms with Crippen molar-refractivity contribution < 1.29 is 14.4 Å². The quantitative estimate of drug-likeness (QED) is 0.445. The molecule has 2 rings (SSSR count). The van der Waals surface area contributed by atoms with Crippen molar-refractivity contribution in [2.45, 2.75) is 13.5 Å². The van der Waals surface area contributed by atoms with Crippen LogP contribution in [0.5, 0.6) is 5.75 Å². The first kappa shape index (κ1) is 21.2. The van der Waals surface area contributed by atoms with Crippen LogP contribution in [0, 0.1) is 6.92 Å². The summed E-state index contributed by atoms with van der Waals surface area (Å²) in [5.41, 5.74) is 3.75. The normalized spacial score (nSPS) is 10.9. The van der Waals surface area contributed by atoms with E-state index in [1.54, 1.807) is 7.05 Å². The molecule has 142 valence electrons. The van der Waals surface area contributed by atoms with E-state index in [4.69, 9.17) is 9.57 Å². The van der Waals surface area contributed by atoms with Gasteiger partial charge in [-0.2, -0.15) is 0 Å².